The van der Waals surface area contributed by atoms with E-state index in [1.807, 2.05) is 19.1 Å². The largest absolute Gasteiger partial charge is 0.478 e. The van der Waals surface area contributed by atoms with Crippen LogP contribution in [-0.2, 0) is 24.2 Å². The molecule has 1 unspecified atom stereocenters. The number of pyridine rings is 1. The molecule has 22 heavy (non-hydrogen) atoms. The van der Waals surface area contributed by atoms with Crippen molar-refractivity contribution < 1.29 is 9.53 Å². The molecular formula is C16H20N4O2. The van der Waals surface area contributed by atoms with E-state index in [2.05, 4.69) is 20.3 Å². The number of amides is 1. The lowest BCUT2D eigenvalue weighted by Crippen LogP contribution is -2.33. The molecule has 0 bridgehead atoms. The highest BCUT2D eigenvalue weighted by atomic mass is 16.5. The van der Waals surface area contributed by atoms with Crippen LogP contribution in [0.4, 0.5) is 0 Å². The summed E-state index contributed by atoms with van der Waals surface area (Å²) in [6, 6.07) is 3.77. The van der Waals surface area contributed by atoms with Crippen molar-refractivity contribution in [2.75, 3.05) is 6.61 Å². The Labute approximate surface area is 129 Å². The number of fused-ring (bicyclic) bond motifs is 1. The van der Waals surface area contributed by atoms with Crippen LogP contribution in [0.15, 0.2) is 24.7 Å². The van der Waals surface area contributed by atoms with Gasteiger partial charge >= 0.3 is 0 Å². The SMILES string of the molecule is CCOc1ncccc1CNC(=O)C1CCc2nc[nH]c2C1. The fraction of sp³-hybridized carbons (Fsp3) is 0.438. The standard InChI is InChI=1S/C16H20N4O2/c1-2-22-16-12(4-3-7-17-16)9-18-15(21)11-5-6-13-14(8-11)20-10-19-13/h3-4,7,10-11H,2,5-6,8-9H2,1H3,(H,18,21)(H,19,20). The molecule has 0 fully saturated rings. The summed E-state index contributed by atoms with van der Waals surface area (Å²) in [7, 11) is 0. The smallest absolute Gasteiger partial charge is 0.223 e. The molecule has 1 aliphatic rings. The van der Waals surface area contributed by atoms with Crippen LogP contribution >= 0.6 is 0 Å². The van der Waals surface area contributed by atoms with Gasteiger partial charge in [-0.25, -0.2) is 9.97 Å². The molecule has 6 nitrogen and oxygen atoms in total. The second-order valence-electron chi connectivity index (χ2n) is 5.39. The topological polar surface area (TPSA) is 79.9 Å². The molecule has 0 saturated carbocycles. The summed E-state index contributed by atoms with van der Waals surface area (Å²) >= 11 is 0. The molecule has 116 valence electrons. The zero-order valence-corrected chi connectivity index (χ0v) is 12.6. The van der Waals surface area contributed by atoms with E-state index in [1.54, 1.807) is 12.5 Å². The van der Waals surface area contributed by atoms with Gasteiger partial charge in [-0.15, -0.1) is 0 Å². The number of H-pyrrole nitrogens is 1. The van der Waals surface area contributed by atoms with Gasteiger partial charge in [-0.2, -0.15) is 0 Å². The van der Waals surface area contributed by atoms with E-state index >= 15 is 0 Å². The Morgan fingerprint density at radius 1 is 1.50 bits per heavy atom. The quantitative estimate of drug-likeness (QED) is 0.879. The first-order chi connectivity index (χ1) is 10.8. The van der Waals surface area contributed by atoms with E-state index in [9.17, 15) is 4.79 Å². The number of aromatic amines is 1. The highest BCUT2D eigenvalue weighted by Crippen LogP contribution is 2.23. The van der Waals surface area contributed by atoms with Crippen LogP contribution in [0.2, 0.25) is 0 Å². The van der Waals surface area contributed by atoms with Crippen LogP contribution in [0, 0.1) is 5.92 Å². The number of hydrogen-bond donors (Lipinski definition) is 2. The summed E-state index contributed by atoms with van der Waals surface area (Å²) in [5.41, 5.74) is 3.08. The molecule has 6 heteroatoms. The highest BCUT2D eigenvalue weighted by Gasteiger charge is 2.26. The van der Waals surface area contributed by atoms with Crippen LogP contribution in [0.1, 0.15) is 30.3 Å². The Morgan fingerprint density at radius 2 is 2.41 bits per heavy atom. The van der Waals surface area contributed by atoms with Gasteiger partial charge in [-0.05, 0) is 25.8 Å². The van der Waals surface area contributed by atoms with E-state index < -0.39 is 0 Å². The number of nitrogens with one attached hydrogen (secondary N) is 2. The van der Waals surface area contributed by atoms with E-state index in [1.165, 1.54) is 0 Å². The van der Waals surface area contributed by atoms with Gasteiger partial charge in [0.2, 0.25) is 11.8 Å². The van der Waals surface area contributed by atoms with Crippen molar-refractivity contribution in [3.63, 3.8) is 0 Å². The van der Waals surface area contributed by atoms with Crippen molar-refractivity contribution in [2.24, 2.45) is 5.92 Å². The summed E-state index contributed by atoms with van der Waals surface area (Å²) in [6.07, 6.45) is 5.82. The number of ether oxygens (including phenoxy) is 1. The minimum atomic E-state index is 0.000153. The predicted octanol–water partition coefficient (Wildman–Crippen LogP) is 1.62. The van der Waals surface area contributed by atoms with E-state index in [0.717, 1.165) is 36.2 Å². The molecule has 2 aromatic heterocycles. The molecular weight excluding hydrogens is 280 g/mol. The van der Waals surface area contributed by atoms with Gasteiger partial charge in [0, 0.05) is 36.3 Å². The number of imidazole rings is 1. The van der Waals surface area contributed by atoms with E-state index in [0.29, 0.717) is 19.0 Å². The molecule has 0 aromatic carbocycles. The number of carbonyl (C=O) groups excluding carboxylic acids is 1. The van der Waals surface area contributed by atoms with Gasteiger partial charge in [0.1, 0.15) is 0 Å². The number of hydrogen-bond acceptors (Lipinski definition) is 4. The normalized spacial score (nSPS) is 16.9. The minimum absolute atomic E-state index is 0.000153. The molecule has 0 spiro atoms. The minimum Gasteiger partial charge on any atom is -0.478 e. The third kappa shape index (κ3) is 3.10. The van der Waals surface area contributed by atoms with Gasteiger partial charge in [0.25, 0.3) is 0 Å². The Kier molecular flexibility index (Phi) is 4.37. The van der Waals surface area contributed by atoms with Crippen LogP contribution in [0.25, 0.3) is 0 Å². The molecule has 0 radical (unpaired) electrons. The first kappa shape index (κ1) is 14.6. The Morgan fingerprint density at radius 3 is 3.27 bits per heavy atom. The van der Waals surface area contributed by atoms with Crippen LogP contribution < -0.4 is 10.1 Å². The molecule has 1 amide bonds. The molecule has 2 heterocycles. The monoisotopic (exact) mass is 300 g/mol. The van der Waals surface area contributed by atoms with Gasteiger partial charge in [0.05, 0.1) is 18.6 Å². The van der Waals surface area contributed by atoms with Crippen molar-refractivity contribution in [1.29, 1.82) is 0 Å². The Balaban J connectivity index is 1.59. The summed E-state index contributed by atoms with van der Waals surface area (Å²) in [4.78, 5) is 23.9. The first-order valence-corrected chi connectivity index (χ1v) is 7.63. The summed E-state index contributed by atoms with van der Waals surface area (Å²) in [5, 5.41) is 3.00. The Bertz CT molecular complexity index is 653. The predicted molar refractivity (Wildman–Crippen MR) is 81.4 cm³/mol. The maximum Gasteiger partial charge on any atom is 0.223 e. The summed E-state index contributed by atoms with van der Waals surface area (Å²) in [5.74, 6) is 0.663. The van der Waals surface area contributed by atoms with Crippen molar-refractivity contribution in [3.05, 3.63) is 41.6 Å². The fourth-order valence-electron chi connectivity index (χ4n) is 2.78. The number of nitrogens with zero attached hydrogens (tertiary/aromatic N) is 2. The number of aryl methyl sites for hydroxylation is 1. The van der Waals surface area contributed by atoms with Crippen molar-refractivity contribution in [1.82, 2.24) is 20.3 Å². The van der Waals surface area contributed by atoms with Crippen LogP contribution in [0.5, 0.6) is 5.88 Å². The van der Waals surface area contributed by atoms with Crippen molar-refractivity contribution in [2.45, 2.75) is 32.7 Å². The maximum absolute atomic E-state index is 12.4. The van der Waals surface area contributed by atoms with Gasteiger partial charge in [-0.3, -0.25) is 4.79 Å². The lowest BCUT2D eigenvalue weighted by atomic mass is 9.89. The molecule has 0 saturated heterocycles. The van der Waals surface area contributed by atoms with E-state index in [-0.39, 0.29) is 11.8 Å². The van der Waals surface area contributed by atoms with Crippen molar-refractivity contribution >= 4 is 5.91 Å². The lowest BCUT2D eigenvalue weighted by Gasteiger charge is -2.20. The zero-order chi connectivity index (χ0) is 15.4. The lowest BCUT2D eigenvalue weighted by molar-refractivity contribution is -0.125. The van der Waals surface area contributed by atoms with Gasteiger partial charge in [0.15, 0.2) is 0 Å². The van der Waals surface area contributed by atoms with Gasteiger partial charge < -0.3 is 15.0 Å². The molecule has 1 atom stereocenters. The first-order valence-electron chi connectivity index (χ1n) is 7.63. The highest BCUT2D eigenvalue weighted by molar-refractivity contribution is 5.79. The molecule has 2 aromatic rings. The number of aromatic nitrogens is 3. The van der Waals surface area contributed by atoms with Crippen LogP contribution in [0.3, 0.4) is 0 Å². The molecule has 0 aliphatic heterocycles. The van der Waals surface area contributed by atoms with Crippen molar-refractivity contribution in [3.8, 4) is 5.88 Å². The summed E-state index contributed by atoms with van der Waals surface area (Å²) < 4.78 is 5.48. The number of rotatable bonds is 5. The van der Waals surface area contributed by atoms with E-state index in [4.69, 9.17) is 4.74 Å². The number of carbonyl (C=O) groups is 1. The summed E-state index contributed by atoms with van der Waals surface area (Å²) in [6.45, 7) is 2.92. The third-order valence-corrected chi connectivity index (χ3v) is 3.94. The Hall–Kier alpha value is -2.37. The average molecular weight is 300 g/mol. The third-order valence-electron chi connectivity index (χ3n) is 3.94. The maximum atomic E-state index is 12.4. The fourth-order valence-corrected chi connectivity index (χ4v) is 2.78. The second-order valence-corrected chi connectivity index (χ2v) is 5.39. The van der Waals surface area contributed by atoms with Gasteiger partial charge in [-0.1, -0.05) is 6.07 Å². The second kappa shape index (κ2) is 6.60. The zero-order valence-electron chi connectivity index (χ0n) is 12.6. The molecule has 2 N–H and O–H groups in total. The van der Waals surface area contributed by atoms with Crippen LogP contribution in [-0.4, -0.2) is 27.5 Å². The molecule has 1 aliphatic carbocycles. The average Bonchev–Trinajstić information content (AvgIpc) is 3.01. The molecule has 3 rings (SSSR count).